The molecule has 0 aliphatic heterocycles. The van der Waals surface area contributed by atoms with E-state index in [0.29, 0.717) is 6.42 Å². The molecule has 1 fully saturated rings. The maximum atomic E-state index is 12.7. The highest BCUT2D eigenvalue weighted by atomic mass is 32.2. The van der Waals surface area contributed by atoms with Crippen LogP contribution in [-0.4, -0.2) is 26.3 Å². The first-order valence-corrected chi connectivity index (χ1v) is 8.51. The van der Waals surface area contributed by atoms with Crippen LogP contribution in [0.4, 0.5) is 8.78 Å². The van der Waals surface area contributed by atoms with Crippen LogP contribution in [0, 0.1) is 0 Å². The van der Waals surface area contributed by atoms with Gasteiger partial charge in [0.25, 0.3) is 0 Å². The largest absolute Gasteiger partial charge is 0.487 e. The highest BCUT2D eigenvalue weighted by Crippen LogP contribution is 2.30. The third-order valence-corrected chi connectivity index (χ3v) is 5.09. The second kappa shape index (κ2) is 6.70. The Labute approximate surface area is 123 Å². The second-order valence-corrected chi connectivity index (χ2v) is 7.10. The number of hydrogen-bond donors (Lipinski definition) is 1. The van der Waals surface area contributed by atoms with E-state index in [9.17, 15) is 17.2 Å². The Bertz CT molecular complexity index is 577. The molecule has 0 saturated heterocycles. The van der Waals surface area contributed by atoms with E-state index >= 15 is 0 Å². The molecule has 2 unspecified atom stereocenters. The van der Waals surface area contributed by atoms with Gasteiger partial charge < -0.3 is 10.5 Å². The molecule has 2 N–H and O–H groups in total. The average molecular weight is 319 g/mol. The Morgan fingerprint density at radius 3 is 2.52 bits per heavy atom. The fourth-order valence-corrected chi connectivity index (χ4v) is 3.35. The van der Waals surface area contributed by atoms with Gasteiger partial charge in [-0.05, 0) is 31.4 Å². The monoisotopic (exact) mass is 319 g/mol. The number of benzene rings is 1. The van der Waals surface area contributed by atoms with Crippen molar-refractivity contribution < 1.29 is 21.9 Å². The lowest BCUT2D eigenvalue weighted by molar-refractivity contribution is 0.157. The first-order valence-electron chi connectivity index (χ1n) is 6.96. The molecular formula is C14H19F2NO3S. The van der Waals surface area contributed by atoms with Crippen molar-refractivity contribution >= 4 is 9.84 Å². The summed E-state index contributed by atoms with van der Waals surface area (Å²) in [5.74, 6) is -3.51. The molecule has 0 heterocycles. The van der Waals surface area contributed by atoms with E-state index in [-0.39, 0.29) is 17.9 Å². The molecule has 1 aliphatic carbocycles. The molecule has 1 saturated carbocycles. The van der Waals surface area contributed by atoms with Crippen molar-refractivity contribution in [2.45, 2.75) is 54.9 Å². The molecule has 0 spiro atoms. The van der Waals surface area contributed by atoms with Gasteiger partial charge in [0, 0.05) is 6.04 Å². The van der Waals surface area contributed by atoms with Gasteiger partial charge in [-0.1, -0.05) is 25.0 Å². The minimum absolute atomic E-state index is 0.0415. The molecule has 2 atom stereocenters. The molecule has 0 amide bonds. The fraction of sp³-hybridized carbons (Fsp3) is 0.571. The molecule has 1 aliphatic rings. The van der Waals surface area contributed by atoms with Gasteiger partial charge in [-0.3, -0.25) is 0 Å². The van der Waals surface area contributed by atoms with Gasteiger partial charge in [-0.2, -0.15) is 8.78 Å². The van der Waals surface area contributed by atoms with Crippen molar-refractivity contribution in [3.8, 4) is 5.75 Å². The van der Waals surface area contributed by atoms with Crippen molar-refractivity contribution in [3.05, 3.63) is 24.3 Å². The van der Waals surface area contributed by atoms with Gasteiger partial charge in [0.15, 0.2) is 0 Å². The van der Waals surface area contributed by atoms with Crippen molar-refractivity contribution in [3.63, 3.8) is 0 Å². The first kappa shape index (κ1) is 16.2. The molecule has 21 heavy (non-hydrogen) atoms. The standard InChI is InChI=1S/C14H19F2NO3S/c15-14(16)21(18,19)13-9-5-4-8-12(13)20-11-7-3-1-2-6-10(11)17/h4-5,8-11,14H,1-3,6-7,17H2. The Balaban J connectivity index is 2.28. The van der Waals surface area contributed by atoms with Crippen LogP contribution in [0.1, 0.15) is 32.1 Å². The molecule has 0 aromatic heterocycles. The molecular weight excluding hydrogens is 300 g/mol. The van der Waals surface area contributed by atoms with Crippen LogP contribution < -0.4 is 10.5 Å². The van der Waals surface area contributed by atoms with Crippen LogP contribution >= 0.6 is 0 Å². The minimum atomic E-state index is -4.68. The number of halogens is 2. The van der Waals surface area contributed by atoms with E-state index < -0.39 is 20.5 Å². The van der Waals surface area contributed by atoms with Gasteiger partial charge in [-0.25, -0.2) is 8.42 Å². The highest BCUT2D eigenvalue weighted by molar-refractivity contribution is 7.91. The van der Waals surface area contributed by atoms with Gasteiger partial charge in [0.05, 0.1) is 0 Å². The van der Waals surface area contributed by atoms with Gasteiger partial charge in [-0.15, -0.1) is 0 Å². The van der Waals surface area contributed by atoms with Crippen molar-refractivity contribution in [2.24, 2.45) is 5.73 Å². The summed E-state index contributed by atoms with van der Waals surface area (Å²) in [5.41, 5.74) is 6.02. The van der Waals surface area contributed by atoms with Crippen LogP contribution in [0.5, 0.6) is 5.75 Å². The van der Waals surface area contributed by atoms with E-state index in [1.807, 2.05) is 0 Å². The smallest absolute Gasteiger partial charge is 0.341 e. The normalized spacial score (nSPS) is 23.8. The first-order chi connectivity index (χ1) is 9.93. The summed E-state index contributed by atoms with van der Waals surface area (Å²) < 4.78 is 54.5. The van der Waals surface area contributed by atoms with Gasteiger partial charge in [0.2, 0.25) is 9.84 Å². The number of sulfone groups is 1. The van der Waals surface area contributed by atoms with Crippen LogP contribution in [0.3, 0.4) is 0 Å². The summed E-state index contributed by atoms with van der Waals surface area (Å²) in [7, 11) is -4.68. The Kier molecular flexibility index (Phi) is 5.16. The molecule has 0 bridgehead atoms. The molecule has 2 rings (SSSR count). The lowest BCUT2D eigenvalue weighted by Gasteiger charge is -2.24. The average Bonchev–Trinajstić information content (AvgIpc) is 2.64. The lowest BCUT2D eigenvalue weighted by atomic mass is 10.1. The van der Waals surface area contributed by atoms with Crippen molar-refractivity contribution in [1.29, 1.82) is 0 Å². The third-order valence-electron chi connectivity index (χ3n) is 3.67. The molecule has 1 aromatic carbocycles. The molecule has 7 heteroatoms. The minimum Gasteiger partial charge on any atom is -0.487 e. The van der Waals surface area contributed by atoms with Crippen LogP contribution in [-0.2, 0) is 9.84 Å². The molecule has 0 radical (unpaired) electrons. The van der Waals surface area contributed by atoms with Crippen molar-refractivity contribution in [1.82, 2.24) is 0 Å². The number of hydrogen-bond acceptors (Lipinski definition) is 4. The summed E-state index contributed by atoms with van der Waals surface area (Å²) in [6.07, 6.45) is 4.12. The summed E-state index contributed by atoms with van der Waals surface area (Å²) >= 11 is 0. The Morgan fingerprint density at radius 1 is 1.14 bits per heavy atom. The van der Waals surface area contributed by atoms with Crippen molar-refractivity contribution in [2.75, 3.05) is 0 Å². The Hall–Kier alpha value is -1.21. The second-order valence-electron chi connectivity index (χ2n) is 5.21. The van der Waals surface area contributed by atoms with E-state index in [2.05, 4.69) is 0 Å². The quantitative estimate of drug-likeness (QED) is 0.866. The lowest BCUT2D eigenvalue weighted by Crippen LogP contribution is -2.38. The molecule has 1 aromatic rings. The summed E-state index contributed by atoms with van der Waals surface area (Å²) in [6.45, 7) is 0. The summed E-state index contributed by atoms with van der Waals surface area (Å²) in [5, 5.41) is 0. The van der Waals surface area contributed by atoms with E-state index in [1.54, 1.807) is 6.07 Å². The Morgan fingerprint density at radius 2 is 1.81 bits per heavy atom. The third kappa shape index (κ3) is 3.71. The van der Waals surface area contributed by atoms with Gasteiger partial charge >= 0.3 is 5.76 Å². The highest BCUT2D eigenvalue weighted by Gasteiger charge is 2.31. The number of rotatable bonds is 4. The predicted molar refractivity (Wildman–Crippen MR) is 75.1 cm³/mol. The zero-order valence-electron chi connectivity index (χ0n) is 11.5. The zero-order chi connectivity index (χ0) is 15.5. The number of ether oxygens (including phenoxy) is 1. The zero-order valence-corrected chi connectivity index (χ0v) is 12.4. The van der Waals surface area contributed by atoms with E-state index in [0.717, 1.165) is 31.7 Å². The number of nitrogens with two attached hydrogens (primary N) is 1. The molecule has 4 nitrogen and oxygen atoms in total. The van der Waals surface area contributed by atoms with E-state index in [1.165, 1.54) is 12.1 Å². The van der Waals surface area contributed by atoms with Gasteiger partial charge in [0.1, 0.15) is 16.7 Å². The summed E-state index contributed by atoms with van der Waals surface area (Å²) in [6, 6.07) is 5.28. The molecule has 118 valence electrons. The van der Waals surface area contributed by atoms with Crippen LogP contribution in [0.15, 0.2) is 29.2 Å². The van der Waals surface area contributed by atoms with Crippen LogP contribution in [0.25, 0.3) is 0 Å². The van der Waals surface area contributed by atoms with Crippen LogP contribution in [0.2, 0.25) is 0 Å². The predicted octanol–water partition coefficient (Wildman–Crippen LogP) is 2.72. The fourth-order valence-electron chi connectivity index (χ4n) is 2.49. The van der Waals surface area contributed by atoms with E-state index in [4.69, 9.17) is 10.5 Å². The summed E-state index contributed by atoms with van der Waals surface area (Å²) in [4.78, 5) is -0.476. The SMILES string of the molecule is NC1CCCCCC1Oc1ccccc1S(=O)(=O)C(F)F. The maximum Gasteiger partial charge on any atom is 0.341 e. The number of alkyl halides is 2. The maximum absolute atomic E-state index is 12.7. The topological polar surface area (TPSA) is 69.4 Å². The number of para-hydroxylation sites is 1.